The Kier molecular flexibility index (Phi) is 5.53. The molecule has 0 aliphatic heterocycles. The Bertz CT molecular complexity index is 1000. The van der Waals surface area contributed by atoms with Crippen LogP contribution in [-0.4, -0.2) is 18.5 Å². The summed E-state index contributed by atoms with van der Waals surface area (Å²) in [5, 5.41) is 12.4. The lowest BCUT2D eigenvalue weighted by Crippen LogP contribution is -2.21. The van der Waals surface area contributed by atoms with Crippen LogP contribution in [0.5, 0.6) is 0 Å². The van der Waals surface area contributed by atoms with Gasteiger partial charge in [-0.3, -0.25) is 9.59 Å². The van der Waals surface area contributed by atoms with E-state index < -0.39 is 18.5 Å². The highest BCUT2D eigenvalue weighted by Crippen LogP contribution is 2.30. The van der Waals surface area contributed by atoms with Gasteiger partial charge in [0.25, 0.3) is 5.91 Å². The van der Waals surface area contributed by atoms with Gasteiger partial charge in [-0.25, -0.2) is 0 Å². The van der Waals surface area contributed by atoms with Gasteiger partial charge in [0.15, 0.2) is 6.61 Å². The molecule has 1 atom stereocenters. The van der Waals surface area contributed by atoms with E-state index in [-0.39, 0.29) is 23.8 Å². The number of para-hydroxylation sites is 1. The van der Waals surface area contributed by atoms with Crippen molar-refractivity contribution >= 4 is 28.5 Å². The van der Waals surface area contributed by atoms with Crippen molar-refractivity contribution in [2.75, 3.05) is 11.9 Å². The molecule has 0 bridgehead atoms. The van der Waals surface area contributed by atoms with Crippen molar-refractivity contribution < 1.29 is 18.7 Å². The van der Waals surface area contributed by atoms with Crippen LogP contribution < -0.4 is 5.32 Å². The maximum atomic E-state index is 12.1. The first-order valence-corrected chi connectivity index (χ1v) is 8.50. The second-order valence-electron chi connectivity index (χ2n) is 6.14. The largest absolute Gasteiger partial charge is 0.456 e. The fourth-order valence-corrected chi connectivity index (χ4v) is 2.78. The molecule has 0 radical (unpaired) electrons. The molecule has 0 fully saturated rings. The van der Waals surface area contributed by atoms with E-state index in [1.807, 2.05) is 43.3 Å². The predicted octanol–water partition coefficient (Wildman–Crippen LogP) is 3.98. The van der Waals surface area contributed by atoms with Gasteiger partial charge in [-0.05, 0) is 23.6 Å². The Labute approximate surface area is 156 Å². The van der Waals surface area contributed by atoms with Crippen molar-refractivity contribution in [2.24, 2.45) is 0 Å². The number of nitriles is 1. The van der Waals surface area contributed by atoms with Crippen LogP contribution in [0.3, 0.4) is 0 Å². The van der Waals surface area contributed by atoms with E-state index in [1.165, 1.54) is 0 Å². The molecule has 0 saturated heterocycles. The molecule has 3 rings (SSSR count). The maximum Gasteiger partial charge on any atom is 0.306 e. The van der Waals surface area contributed by atoms with Crippen LogP contribution in [0.4, 0.5) is 5.69 Å². The summed E-state index contributed by atoms with van der Waals surface area (Å²) < 4.78 is 10.5. The zero-order valence-corrected chi connectivity index (χ0v) is 14.8. The highest BCUT2D eigenvalue weighted by Gasteiger charge is 2.18. The quantitative estimate of drug-likeness (QED) is 0.670. The van der Waals surface area contributed by atoms with E-state index in [0.717, 1.165) is 5.56 Å². The van der Waals surface area contributed by atoms with E-state index in [2.05, 4.69) is 5.32 Å². The molecule has 1 aromatic heterocycles. The van der Waals surface area contributed by atoms with Crippen LogP contribution in [0.25, 0.3) is 11.0 Å². The average molecular weight is 362 g/mol. The Balaban J connectivity index is 1.57. The first kappa shape index (κ1) is 18.2. The van der Waals surface area contributed by atoms with Gasteiger partial charge in [-0.15, -0.1) is 0 Å². The van der Waals surface area contributed by atoms with Crippen molar-refractivity contribution in [2.45, 2.75) is 19.3 Å². The molecule has 27 heavy (non-hydrogen) atoms. The number of ether oxygens (including phenoxy) is 1. The van der Waals surface area contributed by atoms with Crippen LogP contribution in [-0.2, 0) is 14.3 Å². The van der Waals surface area contributed by atoms with Gasteiger partial charge < -0.3 is 14.5 Å². The molecule has 3 aromatic rings. The number of carbonyl (C=O) groups excluding carboxylic acids is 2. The van der Waals surface area contributed by atoms with E-state index in [0.29, 0.717) is 11.0 Å². The number of benzene rings is 2. The van der Waals surface area contributed by atoms with E-state index >= 15 is 0 Å². The number of hydrogen-bond acceptors (Lipinski definition) is 5. The van der Waals surface area contributed by atoms with Crippen LogP contribution in [0, 0.1) is 11.3 Å². The molecule has 0 spiro atoms. The zero-order valence-electron chi connectivity index (χ0n) is 14.8. The number of nitrogens with zero attached hydrogens (tertiary/aromatic N) is 1. The lowest BCUT2D eigenvalue weighted by atomic mass is 9.98. The number of amides is 1. The third-order valence-electron chi connectivity index (χ3n) is 4.17. The summed E-state index contributed by atoms with van der Waals surface area (Å²) in [6, 6.07) is 18.5. The van der Waals surface area contributed by atoms with Crippen molar-refractivity contribution in [3.05, 3.63) is 65.9 Å². The topological polar surface area (TPSA) is 92.3 Å². The molecule has 2 aromatic carbocycles. The van der Waals surface area contributed by atoms with Gasteiger partial charge in [-0.1, -0.05) is 49.4 Å². The molecular formula is C21H18N2O4. The van der Waals surface area contributed by atoms with Gasteiger partial charge >= 0.3 is 5.97 Å². The minimum atomic E-state index is -0.529. The molecule has 1 unspecified atom stereocenters. The van der Waals surface area contributed by atoms with Gasteiger partial charge in [0.1, 0.15) is 17.3 Å². The number of hydrogen-bond donors (Lipinski definition) is 1. The number of carbonyl (C=O) groups is 2. The first-order valence-electron chi connectivity index (χ1n) is 8.50. The minimum absolute atomic E-state index is 0.00794. The summed E-state index contributed by atoms with van der Waals surface area (Å²) in [7, 11) is 0. The normalized spacial score (nSPS) is 11.6. The lowest BCUT2D eigenvalue weighted by molar-refractivity contribution is -0.147. The summed E-state index contributed by atoms with van der Waals surface area (Å²) in [6.45, 7) is 1.50. The Hall–Kier alpha value is -3.59. The summed E-state index contributed by atoms with van der Waals surface area (Å²) in [5.41, 5.74) is 1.81. The number of esters is 1. The SMILES string of the molecule is CC(CC(=O)OCC(=O)Nc1c(C#N)oc2ccccc12)c1ccccc1. The summed E-state index contributed by atoms with van der Waals surface area (Å²) >= 11 is 0. The van der Waals surface area contributed by atoms with Gasteiger partial charge in [0, 0.05) is 5.39 Å². The molecule has 1 N–H and O–H groups in total. The highest BCUT2D eigenvalue weighted by molar-refractivity contribution is 6.03. The second kappa shape index (κ2) is 8.19. The standard InChI is InChI=1S/C21H18N2O4/c1-14(15-7-3-2-4-8-15)11-20(25)26-13-19(24)23-21-16-9-5-6-10-17(16)27-18(21)12-22/h2-10,14H,11,13H2,1H3,(H,23,24). The minimum Gasteiger partial charge on any atom is -0.456 e. The molecule has 6 nitrogen and oxygen atoms in total. The predicted molar refractivity (Wildman–Crippen MR) is 100.0 cm³/mol. The van der Waals surface area contributed by atoms with Crippen LogP contribution >= 0.6 is 0 Å². The third kappa shape index (κ3) is 4.33. The third-order valence-corrected chi connectivity index (χ3v) is 4.17. The fourth-order valence-electron chi connectivity index (χ4n) is 2.78. The van der Waals surface area contributed by atoms with Crippen molar-refractivity contribution in [3.8, 4) is 6.07 Å². The second-order valence-corrected chi connectivity index (χ2v) is 6.14. The molecule has 1 heterocycles. The molecular weight excluding hydrogens is 344 g/mol. The van der Waals surface area contributed by atoms with Crippen molar-refractivity contribution in [3.63, 3.8) is 0 Å². The van der Waals surface area contributed by atoms with Crippen LogP contribution in [0.2, 0.25) is 0 Å². The van der Waals surface area contributed by atoms with Crippen LogP contribution in [0.1, 0.15) is 30.6 Å². The molecule has 6 heteroatoms. The summed E-state index contributed by atoms with van der Waals surface area (Å²) in [4.78, 5) is 24.1. The fraction of sp³-hybridized carbons (Fsp3) is 0.190. The summed E-state index contributed by atoms with van der Waals surface area (Å²) in [5.74, 6) is -0.990. The molecule has 0 saturated carbocycles. The molecule has 1 amide bonds. The molecule has 0 aliphatic rings. The van der Waals surface area contributed by atoms with E-state index in [4.69, 9.17) is 9.15 Å². The van der Waals surface area contributed by atoms with Crippen LogP contribution in [0.15, 0.2) is 59.0 Å². The Morgan fingerprint density at radius 1 is 1.15 bits per heavy atom. The van der Waals surface area contributed by atoms with Gasteiger partial charge in [0.05, 0.1) is 6.42 Å². The van der Waals surface area contributed by atoms with E-state index in [1.54, 1.807) is 24.3 Å². The average Bonchev–Trinajstić information content (AvgIpc) is 3.04. The maximum absolute atomic E-state index is 12.1. The first-order chi connectivity index (χ1) is 13.1. The number of anilines is 1. The highest BCUT2D eigenvalue weighted by atomic mass is 16.5. The number of fused-ring (bicyclic) bond motifs is 1. The van der Waals surface area contributed by atoms with Gasteiger partial charge in [0.2, 0.25) is 5.76 Å². The van der Waals surface area contributed by atoms with E-state index in [9.17, 15) is 14.9 Å². The number of furan rings is 1. The molecule has 136 valence electrons. The Morgan fingerprint density at radius 2 is 1.85 bits per heavy atom. The lowest BCUT2D eigenvalue weighted by Gasteiger charge is -2.11. The number of rotatable bonds is 6. The smallest absolute Gasteiger partial charge is 0.306 e. The van der Waals surface area contributed by atoms with Crippen molar-refractivity contribution in [1.82, 2.24) is 0 Å². The molecule has 0 aliphatic carbocycles. The Morgan fingerprint density at radius 3 is 2.59 bits per heavy atom. The van der Waals surface area contributed by atoms with Crippen molar-refractivity contribution in [1.29, 1.82) is 5.26 Å². The monoisotopic (exact) mass is 362 g/mol. The zero-order chi connectivity index (χ0) is 19.2. The van der Waals surface area contributed by atoms with Gasteiger partial charge in [-0.2, -0.15) is 5.26 Å². The summed E-state index contributed by atoms with van der Waals surface area (Å²) in [6.07, 6.45) is 0.176. The number of nitrogens with one attached hydrogen (secondary N) is 1.